The molecule has 2 fully saturated rings. The first-order valence-corrected chi connectivity index (χ1v) is 5.97. The highest BCUT2D eigenvalue weighted by Gasteiger charge is 2.47. The van der Waals surface area contributed by atoms with Gasteiger partial charge in [0.1, 0.15) is 0 Å². The van der Waals surface area contributed by atoms with Crippen molar-refractivity contribution in [3.8, 4) is 0 Å². The fourth-order valence-electron chi connectivity index (χ4n) is 3.32. The third kappa shape index (κ3) is 1.70. The Morgan fingerprint density at radius 3 is 2.71 bits per heavy atom. The summed E-state index contributed by atoms with van der Waals surface area (Å²) >= 11 is 0. The number of hydrogen-bond acceptors (Lipinski definition) is 2. The minimum absolute atomic E-state index is 0.458. The number of ether oxygens (including phenoxy) is 1. The van der Waals surface area contributed by atoms with Crippen LogP contribution in [0, 0.1) is 17.8 Å². The average molecular weight is 197 g/mol. The van der Waals surface area contributed by atoms with Crippen LogP contribution in [0.1, 0.15) is 34.1 Å². The summed E-state index contributed by atoms with van der Waals surface area (Å²) in [7, 11) is 0. The highest BCUT2D eigenvalue weighted by molar-refractivity contribution is 5.01. The topological polar surface area (TPSA) is 21.3 Å². The first kappa shape index (κ1) is 10.4. The summed E-state index contributed by atoms with van der Waals surface area (Å²) in [6.45, 7) is 10.1. The van der Waals surface area contributed by atoms with Gasteiger partial charge in [0.05, 0.1) is 12.7 Å². The summed E-state index contributed by atoms with van der Waals surface area (Å²) < 4.78 is 5.76. The van der Waals surface area contributed by atoms with Crippen molar-refractivity contribution >= 4 is 0 Å². The van der Waals surface area contributed by atoms with Crippen LogP contribution in [0.3, 0.4) is 0 Å². The molecule has 0 aliphatic carbocycles. The Bertz CT molecular complexity index is 204. The quantitative estimate of drug-likeness (QED) is 0.731. The van der Waals surface area contributed by atoms with Gasteiger partial charge in [-0.25, -0.2) is 0 Å². The van der Waals surface area contributed by atoms with E-state index in [1.54, 1.807) is 0 Å². The van der Waals surface area contributed by atoms with Crippen molar-refractivity contribution in [2.24, 2.45) is 17.8 Å². The van der Waals surface area contributed by atoms with Gasteiger partial charge < -0.3 is 10.1 Å². The van der Waals surface area contributed by atoms with Crippen LogP contribution < -0.4 is 5.32 Å². The van der Waals surface area contributed by atoms with Gasteiger partial charge in [-0.2, -0.15) is 0 Å². The van der Waals surface area contributed by atoms with Crippen molar-refractivity contribution in [1.82, 2.24) is 5.32 Å². The predicted molar refractivity (Wildman–Crippen MR) is 58.2 cm³/mol. The van der Waals surface area contributed by atoms with Gasteiger partial charge in [-0.3, -0.25) is 0 Å². The molecule has 0 saturated carbocycles. The molecule has 82 valence electrons. The second kappa shape index (κ2) is 3.82. The molecule has 2 saturated heterocycles. The average Bonchev–Trinajstić information content (AvgIpc) is 2.56. The van der Waals surface area contributed by atoms with Crippen molar-refractivity contribution < 1.29 is 4.74 Å². The van der Waals surface area contributed by atoms with Gasteiger partial charge >= 0.3 is 0 Å². The molecule has 0 radical (unpaired) electrons. The molecule has 5 atom stereocenters. The Hall–Kier alpha value is -0.0800. The van der Waals surface area contributed by atoms with Crippen molar-refractivity contribution in [3.63, 3.8) is 0 Å². The zero-order valence-electron chi connectivity index (χ0n) is 9.79. The van der Waals surface area contributed by atoms with E-state index in [4.69, 9.17) is 4.74 Å². The van der Waals surface area contributed by atoms with Crippen molar-refractivity contribution in [2.45, 2.75) is 52.3 Å². The van der Waals surface area contributed by atoms with Crippen LogP contribution in [0.4, 0.5) is 0 Å². The second-order valence-electron chi connectivity index (χ2n) is 5.47. The van der Waals surface area contributed by atoms with Crippen molar-refractivity contribution in [2.75, 3.05) is 6.61 Å². The summed E-state index contributed by atoms with van der Waals surface area (Å²) in [5, 5.41) is 3.74. The Labute approximate surface area is 87.4 Å². The zero-order chi connectivity index (χ0) is 10.3. The molecule has 2 nitrogen and oxygen atoms in total. The first-order chi connectivity index (χ1) is 6.59. The highest BCUT2D eigenvalue weighted by Crippen LogP contribution is 2.39. The van der Waals surface area contributed by atoms with Crippen LogP contribution in [-0.4, -0.2) is 24.8 Å². The van der Waals surface area contributed by atoms with E-state index < -0.39 is 0 Å². The molecular weight excluding hydrogens is 174 g/mol. The lowest BCUT2D eigenvalue weighted by atomic mass is 9.84. The van der Waals surface area contributed by atoms with Crippen LogP contribution in [0.2, 0.25) is 0 Å². The van der Waals surface area contributed by atoms with Crippen LogP contribution in [0.5, 0.6) is 0 Å². The molecule has 2 rings (SSSR count). The maximum absolute atomic E-state index is 5.76. The van der Waals surface area contributed by atoms with Crippen LogP contribution >= 0.6 is 0 Å². The van der Waals surface area contributed by atoms with Gasteiger partial charge in [0.25, 0.3) is 0 Å². The smallest absolute Gasteiger partial charge is 0.0594 e. The van der Waals surface area contributed by atoms with Crippen LogP contribution in [-0.2, 0) is 4.74 Å². The third-order valence-electron chi connectivity index (χ3n) is 3.88. The molecule has 0 aromatic heterocycles. The van der Waals surface area contributed by atoms with Crippen LogP contribution in [0.15, 0.2) is 0 Å². The van der Waals surface area contributed by atoms with Gasteiger partial charge in [0.2, 0.25) is 0 Å². The van der Waals surface area contributed by atoms with E-state index in [2.05, 4.69) is 33.0 Å². The zero-order valence-corrected chi connectivity index (χ0v) is 9.79. The summed E-state index contributed by atoms with van der Waals surface area (Å²) in [5.74, 6) is 2.30. The first-order valence-electron chi connectivity index (χ1n) is 5.97. The second-order valence-corrected chi connectivity index (χ2v) is 5.47. The van der Waals surface area contributed by atoms with Crippen LogP contribution in [0.25, 0.3) is 0 Å². The van der Waals surface area contributed by atoms with Gasteiger partial charge in [-0.15, -0.1) is 0 Å². The van der Waals surface area contributed by atoms with Crippen molar-refractivity contribution in [1.29, 1.82) is 0 Å². The van der Waals surface area contributed by atoms with E-state index in [1.807, 2.05) is 0 Å². The lowest BCUT2D eigenvalue weighted by Crippen LogP contribution is -2.34. The Balaban J connectivity index is 2.02. The molecule has 2 heterocycles. The molecule has 14 heavy (non-hydrogen) atoms. The van der Waals surface area contributed by atoms with Gasteiger partial charge in [-0.05, 0) is 26.2 Å². The number of nitrogens with one attached hydrogen (secondary N) is 1. The molecule has 0 aromatic carbocycles. The van der Waals surface area contributed by atoms with E-state index in [0.717, 1.165) is 24.4 Å². The fraction of sp³-hybridized carbons (Fsp3) is 1.00. The molecule has 0 amide bonds. The molecule has 0 aromatic rings. The molecule has 2 aliphatic rings. The standard InChI is InChI=1S/C12H23NO/c1-7(2)5-11-10-6-14-9(4)12(10)8(3)13-11/h7-13H,5-6H2,1-4H3. The minimum atomic E-state index is 0.458. The van der Waals surface area contributed by atoms with E-state index in [-0.39, 0.29) is 0 Å². The summed E-state index contributed by atoms with van der Waals surface area (Å²) in [6.07, 6.45) is 1.75. The lowest BCUT2D eigenvalue weighted by molar-refractivity contribution is 0.0916. The van der Waals surface area contributed by atoms with Crippen molar-refractivity contribution in [3.05, 3.63) is 0 Å². The molecule has 0 spiro atoms. The SMILES string of the molecule is CC(C)CC1NC(C)C2C(C)OCC12. The largest absolute Gasteiger partial charge is 0.378 e. The predicted octanol–water partition coefficient (Wildman–Crippen LogP) is 2.04. The fourth-order valence-corrected chi connectivity index (χ4v) is 3.32. The molecule has 2 heteroatoms. The van der Waals surface area contributed by atoms with E-state index in [1.165, 1.54) is 6.42 Å². The molecule has 0 bridgehead atoms. The van der Waals surface area contributed by atoms with E-state index in [9.17, 15) is 0 Å². The number of hydrogen-bond donors (Lipinski definition) is 1. The third-order valence-corrected chi connectivity index (χ3v) is 3.88. The maximum atomic E-state index is 5.76. The monoisotopic (exact) mass is 197 g/mol. The molecule has 5 unspecified atom stereocenters. The molecular formula is C12H23NO. The summed E-state index contributed by atoms with van der Waals surface area (Å²) in [6, 6.07) is 1.33. The maximum Gasteiger partial charge on any atom is 0.0594 e. The van der Waals surface area contributed by atoms with Gasteiger partial charge in [0.15, 0.2) is 0 Å². The summed E-state index contributed by atoms with van der Waals surface area (Å²) in [4.78, 5) is 0. The lowest BCUT2D eigenvalue weighted by Gasteiger charge is -2.19. The molecule has 1 N–H and O–H groups in total. The molecule has 2 aliphatic heterocycles. The number of fused-ring (bicyclic) bond motifs is 1. The Kier molecular flexibility index (Phi) is 2.85. The van der Waals surface area contributed by atoms with E-state index >= 15 is 0 Å². The van der Waals surface area contributed by atoms with Gasteiger partial charge in [-0.1, -0.05) is 13.8 Å². The Morgan fingerprint density at radius 1 is 1.36 bits per heavy atom. The highest BCUT2D eigenvalue weighted by atomic mass is 16.5. The van der Waals surface area contributed by atoms with Gasteiger partial charge in [0, 0.05) is 23.9 Å². The minimum Gasteiger partial charge on any atom is -0.378 e. The Morgan fingerprint density at radius 2 is 2.07 bits per heavy atom. The number of rotatable bonds is 2. The normalized spacial score (nSPS) is 47.4. The summed E-state index contributed by atoms with van der Waals surface area (Å²) in [5.41, 5.74) is 0. The van der Waals surface area contributed by atoms with E-state index in [0.29, 0.717) is 18.2 Å².